The van der Waals surface area contributed by atoms with Gasteiger partial charge in [0.2, 0.25) is 0 Å². The average Bonchev–Trinajstić information content (AvgIpc) is 3.25. The monoisotopic (exact) mass is 408 g/mol. The van der Waals surface area contributed by atoms with Gasteiger partial charge in [0.1, 0.15) is 12.1 Å². The quantitative estimate of drug-likeness (QED) is 0.557. The van der Waals surface area contributed by atoms with E-state index in [2.05, 4.69) is 42.3 Å². The van der Waals surface area contributed by atoms with Crippen molar-refractivity contribution in [2.45, 2.75) is 6.54 Å². The molecule has 0 aliphatic rings. The van der Waals surface area contributed by atoms with E-state index in [4.69, 9.17) is 11.0 Å². The van der Waals surface area contributed by atoms with Crippen LogP contribution in [0.2, 0.25) is 0 Å². The van der Waals surface area contributed by atoms with Crippen molar-refractivity contribution in [3.8, 4) is 17.3 Å². The lowest BCUT2D eigenvalue weighted by atomic mass is 10.1. The van der Waals surface area contributed by atoms with Gasteiger partial charge in [-0.25, -0.2) is 4.98 Å². The number of aryl methyl sites for hydroxylation is 1. The van der Waals surface area contributed by atoms with Crippen LogP contribution in [0.25, 0.3) is 22.3 Å². The zero-order valence-corrected chi connectivity index (χ0v) is 15.3. The molecule has 0 radical (unpaired) electrons. The van der Waals surface area contributed by atoms with Gasteiger partial charge in [-0.05, 0) is 34.1 Å². The molecule has 128 valence electrons. The maximum absolute atomic E-state index is 9.11. The Kier molecular flexibility index (Phi) is 3.89. The molecule has 0 saturated heterocycles. The summed E-state index contributed by atoms with van der Waals surface area (Å²) in [7, 11) is 1.86. The van der Waals surface area contributed by atoms with E-state index < -0.39 is 0 Å². The first-order valence-electron chi connectivity index (χ1n) is 7.74. The number of aromatic nitrogens is 6. The van der Waals surface area contributed by atoms with Crippen LogP contribution < -0.4 is 5.73 Å². The number of hydrogen-bond acceptors (Lipinski definition) is 6. The fourth-order valence-electron chi connectivity index (χ4n) is 2.69. The lowest BCUT2D eigenvalue weighted by molar-refractivity contribution is 0.581. The molecule has 0 spiro atoms. The minimum atomic E-state index is 0.285. The number of rotatable bonds is 3. The Labute approximate surface area is 157 Å². The maximum Gasteiger partial charge on any atom is 0.156 e. The molecule has 0 unspecified atom stereocenters. The van der Waals surface area contributed by atoms with Crippen molar-refractivity contribution in [2.24, 2.45) is 7.05 Å². The zero-order valence-electron chi connectivity index (χ0n) is 13.8. The molecular formula is C17H13BrN8. The third-order valence-corrected chi connectivity index (χ3v) is 4.63. The Morgan fingerprint density at radius 2 is 2.00 bits per heavy atom. The predicted molar refractivity (Wildman–Crippen MR) is 99.9 cm³/mol. The van der Waals surface area contributed by atoms with Gasteiger partial charge >= 0.3 is 0 Å². The smallest absolute Gasteiger partial charge is 0.156 e. The maximum atomic E-state index is 9.11. The Morgan fingerprint density at radius 1 is 1.19 bits per heavy atom. The van der Waals surface area contributed by atoms with Crippen LogP contribution in [0.5, 0.6) is 0 Å². The summed E-state index contributed by atoms with van der Waals surface area (Å²) in [5.41, 5.74) is 10.0. The Hall–Kier alpha value is -3.25. The van der Waals surface area contributed by atoms with Gasteiger partial charge in [-0.2, -0.15) is 20.3 Å². The highest BCUT2D eigenvalue weighted by Crippen LogP contribution is 2.34. The lowest BCUT2D eigenvalue weighted by Crippen LogP contribution is -2.04. The Bertz CT molecular complexity index is 1170. The van der Waals surface area contributed by atoms with Crippen molar-refractivity contribution in [3.63, 3.8) is 0 Å². The number of nitriles is 1. The molecule has 0 saturated carbocycles. The second-order valence-electron chi connectivity index (χ2n) is 5.76. The number of benzene rings is 1. The predicted octanol–water partition coefficient (Wildman–Crippen LogP) is 2.49. The van der Waals surface area contributed by atoms with E-state index in [-0.39, 0.29) is 5.82 Å². The molecule has 3 aromatic heterocycles. The van der Waals surface area contributed by atoms with Crippen LogP contribution in [0.4, 0.5) is 5.82 Å². The molecule has 8 nitrogen and oxygen atoms in total. The third-order valence-electron chi connectivity index (χ3n) is 3.88. The summed E-state index contributed by atoms with van der Waals surface area (Å²) in [5, 5.41) is 22.4. The first-order chi connectivity index (χ1) is 12.5. The fourth-order valence-corrected chi connectivity index (χ4v) is 3.28. The van der Waals surface area contributed by atoms with Crippen molar-refractivity contribution < 1.29 is 0 Å². The van der Waals surface area contributed by atoms with Gasteiger partial charge in [0, 0.05) is 18.8 Å². The van der Waals surface area contributed by atoms with E-state index in [0.29, 0.717) is 33.3 Å². The van der Waals surface area contributed by atoms with E-state index in [1.807, 2.05) is 25.4 Å². The number of fused-ring (bicyclic) bond motifs is 1. The van der Waals surface area contributed by atoms with Crippen molar-refractivity contribution in [1.29, 1.82) is 5.26 Å². The summed E-state index contributed by atoms with van der Waals surface area (Å²) in [6.45, 7) is 0.431. The Morgan fingerprint density at radius 3 is 2.73 bits per heavy atom. The number of pyridine rings is 1. The molecule has 0 bridgehead atoms. The molecule has 0 amide bonds. The first kappa shape index (κ1) is 16.2. The number of halogens is 1. The van der Waals surface area contributed by atoms with Crippen molar-refractivity contribution >= 4 is 32.8 Å². The molecule has 0 fully saturated rings. The topological polar surface area (TPSA) is 111 Å². The normalized spacial score (nSPS) is 11.0. The molecule has 3 heterocycles. The van der Waals surface area contributed by atoms with Gasteiger partial charge in [0.25, 0.3) is 0 Å². The van der Waals surface area contributed by atoms with E-state index in [1.165, 1.54) is 0 Å². The molecule has 4 aromatic rings. The highest BCUT2D eigenvalue weighted by molar-refractivity contribution is 9.10. The number of hydrogen-bond donors (Lipinski definition) is 1. The van der Waals surface area contributed by atoms with E-state index in [1.54, 1.807) is 27.7 Å². The van der Waals surface area contributed by atoms with Crippen molar-refractivity contribution in [2.75, 3.05) is 5.73 Å². The second kappa shape index (κ2) is 6.24. The number of nitrogen functional groups attached to an aromatic ring is 1. The first-order valence-corrected chi connectivity index (χ1v) is 8.53. The molecule has 0 aliphatic heterocycles. The van der Waals surface area contributed by atoms with Crippen LogP contribution in [0.1, 0.15) is 11.3 Å². The van der Waals surface area contributed by atoms with Crippen molar-refractivity contribution in [3.05, 3.63) is 52.3 Å². The summed E-state index contributed by atoms with van der Waals surface area (Å²) in [6.07, 6.45) is 1.87. The molecule has 9 heteroatoms. The fraction of sp³-hybridized carbons (Fsp3) is 0.118. The van der Waals surface area contributed by atoms with Crippen LogP contribution in [-0.4, -0.2) is 29.8 Å². The summed E-state index contributed by atoms with van der Waals surface area (Å²) in [4.78, 5) is 6.00. The number of nitrogens with two attached hydrogens (primary N) is 1. The van der Waals surface area contributed by atoms with Crippen LogP contribution in [0.15, 0.2) is 41.0 Å². The molecule has 2 N–H and O–H groups in total. The van der Waals surface area contributed by atoms with Gasteiger partial charge < -0.3 is 5.73 Å². The molecule has 0 aliphatic carbocycles. The van der Waals surface area contributed by atoms with Gasteiger partial charge in [0.15, 0.2) is 11.3 Å². The molecule has 0 atom stereocenters. The lowest BCUT2D eigenvalue weighted by Gasteiger charge is -2.06. The van der Waals surface area contributed by atoms with Crippen molar-refractivity contribution in [1.82, 2.24) is 29.8 Å². The summed E-state index contributed by atoms with van der Waals surface area (Å²) < 4.78 is 2.41. The molecule has 4 rings (SSSR count). The van der Waals surface area contributed by atoms with Gasteiger partial charge in [-0.15, -0.1) is 5.10 Å². The second-order valence-corrected chi connectivity index (χ2v) is 6.55. The molecule has 1 aromatic carbocycles. The zero-order chi connectivity index (χ0) is 18.3. The summed E-state index contributed by atoms with van der Waals surface area (Å²) >= 11 is 3.57. The number of anilines is 1. The van der Waals surface area contributed by atoms with Gasteiger partial charge in [0.05, 0.1) is 27.5 Å². The highest BCUT2D eigenvalue weighted by atomic mass is 79.9. The minimum absolute atomic E-state index is 0.285. The molecule has 26 heavy (non-hydrogen) atoms. The van der Waals surface area contributed by atoms with Crippen LogP contribution in [0.3, 0.4) is 0 Å². The van der Waals surface area contributed by atoms with Crippen LogP contribution in [0, 0.1) is 11.3 Å². The minimum Gasteiger partial charge on any atom is -0.382 e. The van der Waals surface area contributed by atoms with Crippen LogP contribution in [-0.2, 0) is 13.6 Å². The average molecular weight is 409 g/mol. The summed E-state index contributed by atoms with van der Waals surface area (Å²) in [6, 6.07) is 11.2. The van der Waals surface area contributed by atoms with E-state index >= 15 is 0 Å². The molecular weight excluding hydrogens is 396 g/mol. The van der Waals surface area contributed by atoms with E-state index in [9.17, 15) is 0 Å². The Balaban J connectivity index is 1.82. The van der Waals surface area contributed by atoms with E-state index in [0.717, 1.165) is 11.3 Å². The largest absolute Gasteiger partial charge is 0.382 e. The van der Waals surface area contributed by atoms with Gasteiger partial charge in [-0.3, -0.25) is 4.68 Å². The third kappa shape index (κ3) is 2.80. The summed E-state index contributed by atoms with van der Waals surface area (Å²) in [5.74, 6) is 0.285. The standard InChI is InChI=1S/C17H13BrN8/c1-25-6-5-12(22-25)9-26-23-15-13(18)14(21-17(20)16(15)24-26)11-4-2-3-10(7-11)8-19/h2-7H,9H2,1H3,(H2,20,21). The highest BCUT2D eigenvalue weighted by Gasteiger charge is 2.17. The van der Waals surface area contributed by atoms with Gasteiger partial charge in [-0.1, -0.05) is 12.1 Å². The SMILES string of the molecule is Cn1ccc(Cn2nc3c(N)nc(-c4cccc(C#N)c4)c(Br)c3n2)n1. The number of nitrogens with zero attached hydrogens (tertiary/aromatic N) is 7. The van der Waals surface area contributed by atoms with Crippen LogP contribution >= 0.6 is 15.9 Å².